The summed E-state index contributed by atoms with van der Waals surface area (Å²) in [5.41, 5.74) is 2.24. The summed E-state index contributed by atoms with van der Waals surface area (Å²) in [6, 6.07) is 20.5. The molecule has 5 heteroatoms. The molecule has 152 valence electrons. The number of methoxy groups -OCH3 is 1. The maximum absolute atomic E-state index is 12.8. The van der Waals surface area contributed by atoms with Crippen LogP contribution in [0.1, 0.15) is 28.4 Å². The van der Waals surface area contributed by atoms with Crippen LogP contribution in [0.2, 0.25) is 0 Å². The SMILES string of the molecule is CCOc1ccccc1/C=C1\Oc2cc(OCc3ccccc3OC)ccc2C1=O. The van der Waals surface area contributed by atoms with Crippen LogP contribution >= 0.6 is 0 Å². The molecule has 0 spiro atoms. The molecular weight excluding hydrogens is 380 g/mol. The summed E-state index contributed by atoms with van der Waals surface area (Å²) in [4.78, 5) is 12.8. The Balaban J connectivity index is 1.53. The molecule has 0 bridgehead atoms. The molecule has 0 N–H and O–H groups in total. The number of hydrogen-bond acceptors (Lipinski definition) is 5. The Morgan fingerprint density at radius 1 is 0.933 bits per heavy atom. The number of allylic oxidation sites excluding steroid dienone is 1. The van der Waals surface area contributed by atoms with Gasteiger partial charge in [-0.3, -0.25) is 4.79 Å². The van der Waals surface area contributed by atoms with Crippen molar-refractivity contribution in [1.82, 2.24) is 0 Å². The van der Waals surface area contributed by atoms with E-state index in [9.17, 15) is 4.79 Å². The van der Waals surface area contributed by atoms with Crippen LogP contribution in [0.25, 0.3) is 6.08 Å². The summed E-state index contributed by atoms with van der Waals surface area (Å²) >= 11 is 0. The highest BCUT2D eigenvalue weighted by Gasteiger charge is 2.28. The van der Waals surface area contributed by atoms with Crippen LogP contribution in [0, 0.1) is 0 Å². The van der Waals surface area contributed by atoms with Gasteiger partial charge in [0.05, 0.1) is 19.3 Å². The highest BCUT2D eigenvalue weighted by molar-refractivity contribution is 6.14. The van der Waals surface area contributed by atoms with Crippen molar-refractivity contribution in [3.8, 4) is 23.0 Å². The monoisotopic (exact) mass is 402 g/mol. The van der Waals surface area contributed by atoms with E-state index in [0.717, 1.165) is 16.9 Å². The highest BCUT2D eigenvalue weighted by Crippen LogP contribution is 2.36. The van der Waals surface area contributed by atoms with E-state index in [-0.39, 0.29) is 11.5 Å². The van der Waals surface area contributed by atoms with Gasteiger partial charge >= 0.3 is 0 Å². The quantitative estimate of drug-likeness (QED) is 0.503. The van der Waals surface area contributed by atoms with Gasteiger partial charge in [-0.1, -0.05) is 36.4 Å². The van der Waals surface area contributed by atoms with E-state index in [1.165, 1.54) is 0 Å². The van der Waals surface area contributed by atoms with Gasteiger partial charge in [0.2, 0.25) is 5.78 Å². The molecule has 1 aliphatic rings. The number of Topliss-reactive ketones (excluding diaryl/α,β-unsaturated/α-hetero) is 1. The largest absolute Gasteiger partial charge is 0.496 e. The first-order valence-electron chi connectivity index (χ1n) is 9.74. The first-order chi connectivity index (χ1) is 14.7. The van der Waals surface area contributed by atoms with Crippen molar-refractivity contribution in [3.05, 3.63) is 89.2 Å². The third kappa shape index (κ3) is 4.01. The Morgan fingerprint density at radius 3 is 2.50 bits per heavy atom. The number of para-hydroxylation sites is 2. The normalized spacial score (nSPS) is 13.7. The molecule has 0 saturated carbocycles. The van der Waals surface area contributed by atoms with Gasteiger partial charge in [0, 0.05) is 17.2 Å². The fourth-order valence-corrected chi connectivity index (χ4v) is 3.27. The highest BCUT2D eigenvalue weighted by atomic mass is 16.5. The summed E-state index contributed by atoms with van der Waals surface area (Å²) in [6.45, 7) is 2.81. The summed E-state index contributed by atoms with van der Waals surface area (Å²) in [7, 11) is 1.63. The van der Waals surface area contributed by atoms with Gasteiger partial charge in [-0.25, -0.2) is 0 Å². The molecule has 1 aliphatic heterocycles. The summed E-state index contributed by atoms with van der Waals surface area (Å²) in [5, 5.41) is 0. The van der Waals surface area contributed by atoms with Gasteiger partial charge in [-0.15, -0.1) is 0 Å². The third-order valence-electron chi connectivity index (χ3n) is 4.73. The van der Waals surface area contributed by atoms with Gasteiger partial charge < -0.3 is 18.9 Å². The van der Waals surface area contributed by atoms with Crippen molar-refractivity contribution >= 4 is 11.9 Å². The van der Waals surface area contributed by atoms with Crippen molar-refractivity contribution in [3.63, 3.8) is 0 Å². The lowest BCUT2D eigenvalue weighted by Crippen LogP contribution is -1.99. The summed E-state index contributed by atoms with van der Waals surface area (Å²) < 4.78 is 22.7. The van der Waals surface area contributed by atoms with E-state index in [0.29, 0.717) is 36.0 Å². The average molecular weight is 402 g/mol. The zero-order valence-electron chi connectivity index (χ0n) is 16.9. The summed E-state index contributed by atoms with van der Waals surface area (Å²) in [5.74, 6) is 2.68. The van der Waals surface area contributed by atoms with E-state index < -0.39 is 0 Å². The predicted molar refractivity (Wildman–Crippen MR) is 114 cm³/mol. The minimum atomic E-state index is -0.160. The molecule has 0 saturated heterocycles. The van der Waals surface area contributed by atoms with Crippen molar-refractivity contribution in [1.29, 1.82) is 0 Å². The van der Waals surface area contributed by atoms with Crippen molar-refractivity contribution in [2.45, 2.75) is 13.5 Å². The molecule has 30 heavy (non-hydrogen) atoms. The van der Waals surface area contributed by atoms with E-state index in [1.54, 1.807) is 31.4 Å². The number of benzene rings is 3. The maximum Gasteiger partial charge on any atom is 0.231 e. The third-order valence-corrected chi connectivity index (χ3v) is 4.73. The molecule has 3 aromatic rings. The maximum atomic E-state index is 12.8. The molecule has 0 unspecified atom stereocenters. The number of ketones is 1. The number of carbonyl (C=O) groups is 1. The van der Waals surface area contributed by atoms with Gasteiger partial charge in [-0.05, 0) is 37.3 Å². The molecule has 0 aromatic heterocycles. The molecule has 0 aliphatic carbocycles. The predicted octanol–water partition coefficient (Wildman–Crippen LogP) is 5.29. The zero-order valence-corrected chi connectivity index (χ0v) is 16.9. The average Bonchev–Trinajstić information content (AvgIpc) is 3.08. The Kier molecular flexibility index (Phi) is 5.70. The smallest absolute Gasteiger partial charge is 0.231 e. The van der Waals surface area contributed by atoms with Crippen molar-refractivity contribution in [2.75, 3.05) is 13.7 Å². The van der Waals surface area contributed by atoms with Crippen LogP contribution < -0.4 is 18.9 Å². The van der Waals surface area contributed by atoms with Crippen LogP contribution in [0.5, 0.6) is 23.0 Å². The molecule has 0 radical (unpaired) electrons. The molecular formula is C25H22O5. The van der Waals surface area contributed by atoms with Gasteiger partial charge in [0.1, 0.15) is 29.6 Å². The van der Waals surface area contributed by atoms with Gasteiger partial charge in [0.15, 0.2) is 5.76 Å². The molecule has 0 amide bonds. The topological polar surface area (TPSA) is 54.0 Å². The number of rotatable bonds is 7. The van der Waals surface area contributed by atoms with E-state index >= 15 is 0 Å². The molecule has 4 rings (SSSR count). The zero-order chi connectivity index (χ0) is 20.9. The van der Waals surface area contributed by atoms with Crippen molar-refractivity contribution < 1.29 is 23.7 Å². The Bertz CT molecular complexity index is 1100. The summed E-state index contributed by atoms with van der Waals surface area (Å²) in [6.07, 6.45) is 1.71. The lowest BCUT2D eigenvalue weighted by molar-refractivity contribution is 0.101. The van der Waals surface area contributed by atoms with E-state index in [2.05, 4.69) is 0 Å². The molecule has 0 fully saturated rings. The van der Waals surface area contributed by atoms with Crippen LogP contribution in [-0.4, -0.2) is 19.5 Å². The fourth-order valence-electron chi connectivity index (χ4n) is 3.27. The van der Waals surface area contributed by atoms with Gasteiger partial charge in [0.25, 0.3) is 0 Å². The lowest BCUT2D eigenvalue weighted by atomic mass is 10.1. The Labute approximate surface area is 175 Å². The van der Waals surface area contributed by atoms with Crippen LogP contribution in [0.15, 0.2) is 72.5 Å². The van der Waals surface area contributed by atoms with Crippen LogP contribution in [0.3, 0.4) is 0 Å². The molecule has 1 heterocycles. The second-order valence-corrected chi connectivity index (χ2v) is 6.67. The van der Waals surface area contributed by atoms with Crippen molar-refractivity contribution in [2.24, 2.45) is 0 Å². The second kappa shape index (κ2) is 8.74. The first-order valence-corrected chi connectivity index (χ1v) is 9.74. The van der Waals surface area contributed by atoms with E-state index in [4.69, 9.17) is 18.9 Å². The standard InChI is InChI=1S/C25H22O5/c1-3-28-22-11-7-4-8-17(22)14-24-25(26)20-13-12-19(15-23(20)30-24)29-16-18-9-5-6-10-21(18)27-2/h4-15H,3,16H2,1-2H3/b24-14-. The second-order valence-electron chi connectivity index (χ2n) is 6.67. The Morgan fingerprint density at radius 2 is 1.70 bits per heavy atom. The first kappa shape index (κ1) is 19.6. The molecule has 0 atom stereocenters. The van der Waals surface area contributed by atoms with Crippen LogP contribution in [-0.2, 0) is 6.61 Å². The number of ether oxygens (including phenoxy) is 4. The Hall–Kier alpha value is -3.73. The molecule has 5 nitrogen and oxygen atoms in total. The van der Waals surface area contributed by atoms with Crippen LogP contribution in [0.4, 0.5) is 0 Å². The lowest BCUT2D eigenvalue weighted by Gasteiger charge is -2.10. The number of hydrogen-bond donors (Lipinski definition) is 0. The molecule has 3 aromatic carbocycles. The van der Waals surface area contributed by atoms with Gasteiger partial charge in [-0.2, -0.15) is 0 Å². The number of fused-ring (bicyclic) bond motifs is 1. The minimum Gasteiger partial charge on any atom is -0.496 e. The number of carbonyl (C=O) groups excluding carboxylic acids is 1. The fraction of sp³-hybridized carbons (Fsp3) is 0.160. The minimum absolute atomic E-state index is 0.160. The van der Waals surface area contributed by atoms with E-state index in [1.807, 2.05) is 55.5 Å².